The number of halogens is 1. The SMILES string of the molecule is CC(=O)O[C@H]1CO[C@](CF)(COCc2ccccc2)[C@H]1OCc1ccccc1. The van der Waals surface area contributed by atoms with Gasteiger partial charge in [-0.15, -0.1) is 0 Å². The Hall–Kier alpha value is -2.28. The number of carbonyl (C=O) groups is 1. The van der Waals surface area contributed by atoms with Crippen molar-refractivity contribution >= 4 is 5.97 Å². The minimum atomic E-state index is -1.32. The molecule has 0 bridgehead atoms. The van der Waals surface area contributed by atoms with Crippen LogP contribution in [0.25, 0.3) is 0 Å². The fraction of sp³-hybridized carbons (Fsp3) is 0.409. The van der Waals surface area contributed by atoms with Crippen LogP contribution in [0, 0.1) is 0 Å². The molecule has 2 aromatic rings. The van der Waals surface area contributed by atoms with Crippen molar-refractivity contribution in [2.24, 2.45) is 0 Å². The summed E-state index contributed by atoms with van der Waals surface area (Å²) < 4.78 is 36.9. The summed E-state index contributed by atoms with van der Waals surface area (Å²) >= 11 is 0. The van der Waals surface area contributed by atoms with E-state index in [4.69, 9.17) is 18.9 Å². The molecule has 150 valence electrons. The Morgan fingerprint density at radius 1 is 1.07 bits per heavy atom. The van der Waals surface area contributed by atoms with E-state index in [1.54, 1.807) is 0 Å². The monoisotopic (exact) mass is 388 g/mol. The van der Waals surface area contributed by atoms with Gasteiger partial charge >= 0.3 is 5.97 Å². The first kappa shape index (κ1) is 20.5. The molecule has 0 unspecified atom stereocenters. The lowest BCUT2D eigenvalue weighted by atomic mass is 9.97. The Morgan fingerprint density at radius 3 is 2.25 bits per heavy atom. The predicted molar refractivity (Wildman–Crippen MR) is 101 cm³/mol. The fourth-order valence-corrected chi connectivity index (χ4v) is 3.28. The second-order valence-electron chi connectivity index (χ2n) is 6.85. The lowest BCUT2D eigenvalue weighted by Crippen LogP contribution is -2.51. The molecular weight excluding hydrogens is 363 g/mol. The Balaban J connectivity index is 1.69. The van der Waals surface area contributed by atoms with Gasteiger partial charge in [-0.05, 0) is 11.1 Å². The first-order valence-corrected chi connectivity index (χ1v) is 9.27. The second kappa shape index (κ2) is 9.78. The van der Waals surface area contributed by atoms with Crippen molar-refractivity contribution in [3.8, 4) is 0 Å². The maximum atomic E-state index is 14.1. The standard InChI is InChI=1S/C22H25FO5/c1-17(24)28-20-14-27-22(15-23,16-25-12-18-8-4-2-5-9-18)21(20)26-13-19-10-6-3-7-11-19/h2-11,20-21H,12-16H2,1H3/t20-,21-,22+/m0/s1. The summed E-state index contributed by atoms with van der Waals surface area (Å²) in [5, 5.41) is 0. The third kappa shape index (κ3) is 5.16. The molecule has 0 amide bonds. The highest BCUT2D eigenvalue weighted by molar-refractivity contribution is 5.66. The zero-order valence-corrected chi connectivity index (χ0v) is 15.9. The van der Waals surface area contributed by atoms with E-state index in [0.717, 1.165) is 11.1 Å². The molecule has 28 heavy (non-hydrogen) atoms. The van der Waals surface area contributed by atoms with Crippen molar-refractivity contribution in [1.29, 1.82) is 0 Å². The van der Waals surface area contributed by atoms with Gasteiger partial charge < -0.3 is 18.9 Å². The summed E-state index contributed by atoms with van der Waals surface area (Å²) in [5.41, 5.74) is 0.602. The van der Waals surface area contributed by atoms with Gasteiger partial charge in [-0.3, -0.25) is 4.79 Å². The average Bonchev–Trinajstić information content (AvgIpc) is 3.05. The number of carbonyl (C=O) groups excluding carboxylic acids is 1. The summed E-state index contributed by atoms with van der Waals surface area (Å²) in [6, 6.07) is 19.2. The van der Waals surface area contributed by atoms with Crippen LogP contribution in [-0.2, 0) is 37.0 Å². The maximum absolute atomic E-state index is 14.1. The van der Waals surface area contributed by atoms with Crippen LogP contribution in [0.1, 0.15) is 18.1 Å². The van der Waals surface area contributed by atoms with Gasteiger partial charge in [0.2, 0.25) is 0 Å². The second-order valence-corrected chi connectivity index (χ2v) is 6.85. The number of hydrogen-bond donors (Lipinski definition) is 0. The molecule has 3 rings (SSSR count). The number of esters is 1. The first-order valence-electron chi connectivity index (χ1n) is 9.27. The fourth-order valence-electron chi connectivity index (χ4n) is 3.28. The molecule has 1 fully saturated rings. The van der Waals surface area contributed by atoms with E-state index < -0.39 is 30.5 Å². The van der Waals surface area contributed by atoms with E-state index >= 15 is 0 Å². The number of ether oxygens (including phenoxy) is 4. The molecule has 1 saturated heterocycles. The highest BCUT2D eigenvalue weighted by atomic mass is 19.1. The Labute approximate surface area is 164 Å². The third-order valence-electron chi connectivity index (χ3n) is 4.67. The molecule has 0 aliphatic carbocycles. The normalized spacial score (nSPS) is 24.2. The summed E-state index contributed by atoms with van der Waals surface area (Å²) in [7, 11) is 0. The highest BCUT2D eigenvalue weighted by Gasteiger charge is 2.53. The third-order valence-corrected chi connectivity index (χ3v) is 4.67. The van der Waals surface area contributed by atoms with Crippen LogP contribution < -0.4 is 0 Å². The van der Waals surface area contributed by atoms with Crippen LogP contribution in [0.3, 0.4) is 0 Å². The molecule has 0 aromatic heterocycles. The molecule has 1 aliphatic rings. The Kier molecular flexibility index (Phi) is 7.14. The number of benzene rings is 2. The zero-order chi connectivity index (χ0) is 19.8. The molecule has 0 radical (unpaired) electrons. The molecule has 5 nitrogen and oxygen atoms in total. The quantitative estimate of drug-likeness (QED) is 0.616. The van der Waals surface area contributed by atoms with Gasteiger partial charge in [0.25, 0.3) is 0 Å². The predicted octanol–water partition coefficient (Wildman–Crippen LogP) is 3.46. The molecule has 0 spiro atoms. The van der Waals surface area contributed by atoms with Crippen molar-refractivity contribution in [3.63, 3.8) is 0 Å². The van der Waals surface area contributed by atoms with E-state index in [0.29, 0.717) is 6.61 Å². The molecule has 0 saturated carbocycles. The zero-order valence-electron chi connectivity index (χ0n) is 15.9. The summed E-state index contributed by atoms with van der Waals surface area (Å²) in [6.45, 7) is 1.16. The van der Waals surface area contributed by atoms with E-state index in [9.17, 15) is 9.18 Å². The largest absolute Gasteiger partial charge is 0.457 e. The number of alkyl halides is 1. The van der Waals surface area contributed by atoms with Gasteiger partial charge in [-0.1, -0.05) is 60.7 Å². The average molecular weight is 388 g/mol. The van der Waals surface area contributed by atoms with Crippen molar-refractivity contribution in [1.82, 2.24) is 0 Å². The molecule has 0 N–H and O–H groups in total. The van der Waals surface area contributed by atoms with Crippen molar-refractivity contribution < 1.29 is 28.1 Å². The minimum Gasteiger partial charge on any atom is -0.457 e. The van der Waals surface area contributed by atoms with Gasteiger partial charge in [0.05, 0.1) is 26.4 Å². The van der Waals surface area contributed by atoms with E-state index in [1.807, 2.05) is 60.7 Å². The van der Waals surface area contributed by atoms with E-state index in [2.05, 4.69) is 0 Å². The number of hydrogen-bond acceptors (Lipinski definition) is 5. The van der Waals surface area contributed by atoms with Crippen LogP contribution in [-0.4, -0.2) is 43.7 Å². The molecule has 3 atom stereocenters. The Bertz CT molecular complexity index is 739. The topological polar surface area (TPSA) is 54.0 Å². The minimum absolute atomic E-state index is 0.00435. The maximum Gasteiger partial charge on any atom is 0.303 e. The lowest BCUT2D eigenvalue weighted by molar-refractivity contribution is -0.163. The van der Waals surface area contributed by atoms with Crippen molar-refractivity contribution in [3.05, 3.63) is 71.8 Å². The molecular formula is C22H25FO5. The van der Waals surface area contributed by atoms with Crippen molar-refractivity contribution in [2.45, 2.75) is 37.9 Å². The lowest BCUT2D eigenvalue weighted by Gasteiger charge is -2.32. The molecule has 6 heteroatoms. The highest BCUT2D eigenvalue weighted by Crippen LogP contribution is 2.33. The van der Waals surface area contributed by atoms with Crippen LogP contribution in [0.15, 0.2) is 60.7 Å². The van der Waals surface area contributed by atoms with Crippen LogP contribution in [0.2, 0.25) is 0 Å². The van der Waals surface area contributed by atoms with Crippen molar-refractivity contribution in [2.75, 3.05) is 19.9 Å². The molecule has 1 aliphatic heterocycles. The molecule has 2 aromatic carbocycles. The van der Waals surface area contributed by atoms with E-state index in [-0.39, 0.29) is 19.8 Å². The van der Waals surface area contributed by atoms with Gasteiger partial charge in [0.15, 0.2) is 6.10 Å². The van der Waals surface area contributed by atoms with Crippen LogP contribution in [0.5, 0.6) is 0 Å². The number of rotatable bonds is 9. The smallest absolute Gasteiger partial charge is 0.303 e. The van der Waals surface area contributed by atoms with Gasteiger partial charge in [-0.25, -0.2) is 4.39 Å². The van der Waals surface area contributed by atoms with Gasteiger partial charge in [0.1, 0.15) is 18.4 Å². The van der Waals surface area contributed by atoms with E-state index in [1.165, 1.54) is 6.92 Å². The summed E-state index contributed by atoms with van der Waals surface area (Å²) in [5.74, 6) is -0.457. The van der Waals surface area contributed by atoms with Gasteiger partial charge in [-0.2, -0.15) is 0 Å². The summed E-state index contributed by atoms with van der Waals surface area (Å²) in [6.07, 6.45) is -1.45. The van der Waals surface area contributed by atoms with Crippen LogP contribution in [0.4, 0.5) is 4.39 Å². The molecule has 1 heterocycles. The first-order chi connectivity index (χ1) is 13.6. The van der Waals surface area contributed by atoms with Gasteiger partial charge in [0, 0.05) is 6.92 Å². The summed E-state index contributed by atoms with van der Waals surface area (Å²) in [4.78, 5) is 11.5. The van der Waals surface area contributed by atoms with Crippen LogP contribution >= 0.6 is 0 Å². The Morgan fingerprint density at radius 2 is 1.68 bits per heavy atom.